The Labute approximate surface area is 90.5 Å². The van der Waals surface area contributed by atoms with Crippen LogP contribution in [-0.4, -0.2) is 22.6 Å². The van der Waals surface area contributed by atoms with E-state index < -0.39 is 0 Å². The maximum Gasteiger partial charge on any atom is 0.225 e. The van der Waals surface area contributed by atoms with Gasteiger partial charge in [-0.15, -0.1) is 0 Å². The molecule has 0 saturated heterocycles. The molecule has 1 fully saturated rings. The van der Waals surface area contributed by atoms with Crippen molar-refractivity contribution in [2.75, 3.05) is 11.4 Å². The van der Waals surface area contributed by atoms with Crippen LogP contribution in [0.25, 0.3) is 0 Å². The van der Waals surface area contributed by atoms with E-state index in [0.29, 0.717) is 12.6 Å². The van der Waals surface area contributed by atoms with Crippen LogP contribution in [0.1, 0.15) is 31.9 Å². The van der Waals surface area contributed by atoms with Crippen molar-refractivity contribution in [2.45, 2.75) is 38.8 Å². The highest BCUT2D eigenvalue weighted by Gasteiger charge is 2.30. The predicted molar refractivity (Wildman–Crippen MR) is 60.6 cm³/mol. The topological polar surface area (TPSA) is 55.0 Å². The summed E-state index contributed by atoms with van der Waals surface area (Å²) in [7, 11) is 0. The summed E-state index contributed by atoms with van der Waals surface area (Å²) in [6.45, 7) is 3.71. The minimum Gasteiger partial charge on any atom is -0.338 e. The zero-order valence-corrected chi connectivity index (χ0v) is 9.19. The standard InChI is InChI=1S/C11H18N4/c1-2-7-15(10-3-4-10)11-13-6-5-9(8-12)14-11/h5-6,10H,2-4,7-8,12H2,1H3. The van der Waals surface area contributed by atoms with Crippen LogP contribution in [-0.2, 0) is 6.54 Å². The summed E-state index contributed by atoms with van der Waals surface area (Å²) < 4.78 is 0. The smallest absolute Gasteiger partial charge is 0.225 e. The Balaban J connectivity index is 2.16. The maximum atomic E-state index is 5.58. The molecule has 0 spiro atoms. The summed E-state index contributed by atoms with van der Waals surface area (Å²) in [6, 6.07) is 2.54. The third-order valence-corrected chi connectivity index (χ3v) is 2.62. The highest BCUT2D eigenvalue weighted by molar-refractivity contribution is 5.34. The molecule has 0 radical (unpaired) electrons. The van der Waals surface area contributed by atoms with Crippen molar-refractivity contribution in [1.82, 2.24) is 9.97 Å². The van der Waals surface area contributed by atoms with Crippen molar-refractivity contribution in [2.24, 2.45) is 5.73 Å². The van der Waals surface area contributed by atoms with E-state index in [9.17, 15) is 0 Å². The third kappa shape index (κ3) is 2.45. The Bertz CT molecular complexity index is 322. The van der Waals surface area contributed by atoms with Gasteiger partial charge < -0.3 is 10.6 Å². The van der Waals surface area contributed by atoms with Gasteiger partial charge in [0.1, 0.15) is 0 Å². The van der Waals surface area contributed by atoms with Crippen LogP contribution in [0.15, 0.2) is 12.3 Å². The van der Waals surface area contributed by atoms with E-state index in [4.69, 9.17) is 5.73 Å². The van der Waals surface area contributed by atoms with Gasteiger partial charge in [0.25, 0.3) is 0 Å². The lowest BCUT2D eigenvalue weighted by Crippen LogP contribution is -2.28. The quantitative estimate of drug-likeness (QED) is 0.789. The Morgan fingerprint density at radius 2 is 2.33 bits per heavy atom. The van der Waals surface area contributed by atoms with Crippen molar-refractivity contribution in [3.05, 3.63) is 18.0 Å². The van der Waals surface area contributed by atoms with Gasteiger partial charge in [0.2, 0.25) is 5.95 Å². The van der Waals surface area contributed by atoms with E-state index in [1.165, 1.54) is 12.8 Å². The van der Waals surface area contributed by atoms with Gasteiger partial charge in [0.15, 0.2) is 0 Å². The van der Waals surface area contributed by atoms with Crippen LogP contribution in [0.5, 0.6) is 0 Å². The molecular formula is C11H18N4. The van der Waals surface area contributed by atoms with E-state index in [1.54, 1.807) is 6.20 Å². The van der Waals surface area contributed by atoms with E-state index in [-0.39, 0.29) is 0 Å². The minimum absolute atomic E-state index is 0.486. The lowest BCUT2D eigenvalue weighted by molar-refractivity contribution is 0.729. The Kier molecular flexibility index (Phi) is 3.16. The molecule has 4 nitrogen and oxygen atoms in total. The second kappa shape index (κ2) is 4.57. The summed E-state index contributed by atoms with van der Waals surface area (Å²) in [6.07, 6.45) is 5.48. The predicted octanol–water partition coefficient (Wildman–Crippen LogP) is 1.31. The van der Waals surface area contributed by atoms with Crippen molar-refractivity contribution in [1.29, 1.82) is 0 Å². The molecule has 0 aliphatic heterocycles. The number of anilines is 1. The molecule has 0 atom stereocenters. The van der Waals surface area contributed by atoms with Crippen LogP contribution in [0.3, 0.4) is 0 Å². The molecule has 1 aromatic heterocycles. The van der Waals surface area contributed by atoms with Crippen molar-refractivity contribution in [3.63, 3.8) is 0 Å². The summed E-state index contributed by atoms with van der Waals surface area (Å²) >= 11 is 0. The zero-order valence-electron chi connectivity index (χ0n) is 9.19. The molecular weight excluding hydrogens is 188 g/mol. The molecule has 0 aromatic carbocycles. The number of rotatable bonds is 5. The molecule has 1 heterocycles. The van der Waals surface area contributed by atoms with Crippen molar-refractivity contribution >= 4 is 5.95 Å². The van der Waals surface area contributed by atoms with Gasteiger partial charge >= 0.3 is 0 Å². The average Bonchev–Trinajstić information content (AvgIpc) is 3.10. The van der Waals surface area contributed by atoms with E-state index in [2.05, 4.69) is 21.8 Å². The maximum absolute atomic E-state index is 5.58. The van der Waals surface area contributed by atoms with Gasteiger partial charge in [0.05, 0.1) is 5.69 Å². The summed E-state index contributed by atoms with van der Waals surface area (Å²) in [5, 5.41) is 0. The largest absolute Gasteiger partial charge is 0.338 e. The molecule has 15 heavy (non-hydrogen) atoms. The summed E-state index contributed by atoms with van der Waals surface area (Å²) in [5.74, 6) is 0.849. The van der Waals surface area contributed by atoms with Crippen LogP contribution in [0.4, 0.5) is 5.95 Å². The fraction of sp³-hybridized carbons (Fsp3) is 0.636. The van der Waals surface area contributed by atoms with Gasteiger partial charge in [-0.2, -0.15) is 0 Å². The molecule has 2 rings (SSSR count). The van der Waals surface area contributed by atoms with Crippen molar-refractivity contribution in [3.8, 4) is 0 Å². The molecule has 1 aliphatic rings. The fourth-order valence-electron chi connectivity index (χ4n) is 1.71. The van der Waals surface area contributed by atoms with Gasteiger partial charge in [-0.1, -0.05) is 6.92 Å². The molecule has 1 saturated carbocycles. The average molecular weight is 206 g/mol. The minimum atomic E-state index is 0.486. The number of aromatic nitrogens is 2. The highest BCUT2D eigenvalue weighted by atomic mass is 15.3. The Hall–Kier alpha value is -1.16. The van der Waals surface area contributed by atoms with Crippen LogP contribution in [0, 0.1) is 0 Å². The molecule has 0 bridgehead atoms. The first-order valence-electron chi connectivity index (χ1n) is 5.63. The molecule has 0 amide bonds. The van der Waals surface area contributed by atoms with E-state index in [1.807, 2.05) is 6.07 Å². The fourth-order valence-corrected chi connectivity index (χ4v) is 1.71. The molecule has 2 N–H and O–H groups in total. The first-order valence-corrected chi connectivity index (χ1v) is 5.63. The van der Waals surface area contributed by atoms with Gasteiger partial charge in [-0.05, 0) is 25.3 Å². The van der Waals surface area contributed by atoms with Crippen molar-refractivity contribution < 1.29 is 0 Å². The number of hydrogen-bond donors (Lipinski definition) is 1. The lowest BCUT2D eigenvalue weighted by Gasteiger charge is -2.21. The normalized spacial score (nSPS) is 15.3. The molecule has 1 aliphatic carbocycles. The number of hydrogen-bond acceptors (Lipinski definition) is 4. The monoisotopic (exact) mass is 206 g/mol. The van der Waals surface area contributed by atoms with E-state index in [0.717, 1.165) is 24.6 Å². The first kappa shape index (κ1) is 10.4. The molecule has 4 heteroatoms. The van der Waals surface area contributed by atoms with Gasteiger partial charge in [0, 0.05) is 25.3 Å². The van der Waals surface area contributed by atoms with Gasteiger partial charge in [-0.3, -0.25) is 0 Å². The second-order valence-corrected chi connectivity index (χ2v) is 3.98. The summed E-state index contributed by atoms with van der Waals surface area (Å²) in [5.41, 5.74) is 6.49. The highest BCUT2D eigenvalue weighted by Crippen LogP contribution is 2.29. The Morgan fingerprint density at radius 3 is 2.93 bits per heavy atom. The molecule has 0 unspecified atom stereocenters. The Morgan fingerprint density at radius 1 is 1.53 bits per heavy atom. The van der Waals surface area contributed by atoms with Crippen LogP contribution in [0.2, 0.25) is 0 Å². The number of nitrogens with two attached hydrogens (primary N) is 1. The first-order chi connectivity index (χ1) is 7.35. The second-order valence-electron chi connectivity index (χ2n) is 3.98. The summed E-state index contributed by atoms with van der Waals surface area (Å²) in [4.78, 5) is 11.1. The third-order valence-electron chi connectivity index (χ3n) is 2.62. The lowest BCUT2D eigenvalue weighted by atomic mass is 10.4. The molecule has 1 aromatic rings. The van der Waals surface area contributed by atoms with Crippen LogP contribution >= 0.6 is 0 Å². The number of nitrogens with zero attached hydrogens (tertiary/aromatic N) is 3. The zero-order chi connectivity index (χ0) is 10.7. The molecule has 82 valence electrons. The van der Waals surface area contributed by atoms with E-state index >= 15 is 0 Å². The van der Waals surface area contributed by atoms with Crippen LogP contribution < -0.4 is 10.6 Å². The van der Waals surface area contributed by atoms with Gasteiger partial charge in [-0.25, -0.2) is 9.97 Å². The SMILES string of the molecule is CCCN(c1nccc(CN)n1)C1CC1.